The normalized spacial score (nSPS) is 22.7. The second-order valence-corrected chi connectivity index (χ2v) is 6.41. The number of piperazine rings is 1. The molecule has 2 saturated heterocycles. The zero-order valence-corrected chi connectivity index (χ0v) is 14.5. The SMILES string of the molecule is Cl.O=[N+]([O-])c1cc(CN2CCN(C3CCNC3)CC2)ccc1Cl. The molecule has 0 radical (unpaired) electrons. The van der Waals surface area contributed by atoms with E-state index in [1.54, 1.807) is 12.1 Å². The molecule has 2 heterocycles. The lowest BCUT2D eigenvalue weighted by Crippen LogP contribution is -2.50. The molecule has 3 rings (SSSR count). The van der Waals surface area contributed by atoms with Crippen LogP contribution in [-0.2, 0) is 6.54 Å². The van der Waals surface area contributed by atoms with E-state index in [9.17, 15) is 10.1 Å². The van der Waals surface area contributed by atoms with Crippen molar-refractivity contribution in [2.75, 3.05) is 39.3 Å². The summed E-state index contributed by atoms with van der Waals surface area (Å²) in [4.78, 5) is 15.4. The fourth-order valence-corrected chi connectivity index (χ4v) is 3.48. The Morgan fingerprint density at radius 3 is 2.65 bits per heavy atom. The van der Waals surface area contributed by atoms with Crippen molar-refractivity contribution in [3.8, 4) is 0 Å². The Bertz CT molecular complexity index is 544. The topological polar surface area (TPSA) is 61.7 Å². The zero-order chi connectivity index (χ0) is 15.5. The number of halogens is 2. The summed E-state index contributed by atoms with van der Waals surface area (Å²) in [5.41, 5.74) is 0.946. The molecular weight excluding hydrogens is 339 g/mol. The summed E-state index contributed by atoms with van der Waals surface area (Å²) >= 11 is 5.86. The first-order chi connectivity index (χ1) is 10.6. The maximum Gasteiger partial charge on any atom is 0.288 e. The minimum Gasteiger partial charge on any atom is -0.315 e. The highest BCUT2D eigenvalue weighted by atomic mass is 35.5. The summed E-state index contributed by atoms with van der Waals surface area (Å²) in [6, 6.07) is 5.77. The summed E-state index contributed by atoms with van der Waals surface area (Å²) in [6.45, 7) is 7.13. The summed E-state index contributed by atoms with van der Waals surface area (Å²) in [7, 11) is 0. The van der Waals surface area contributed by atoms with Gasteiger partial charge in [-0.3, -0.25) is 19.9 Å². The van der Waals surface area contributed by atoms with Gasteiger partial charge in [-0.15, -0.1) is 12.4 Å². The van der Waals surface area contributed by atoms with Crippen LogP contribution in [0.5, 0.6) is 0 Å². The van der Waals surface area contributed by atoms with E-state index < -0.39 is 4.92 Å². The van der Waals surface area contributed by atoms with E-state index in [4.69, 9.17) is 11.6 Å². The average Bonchev–Trinajstić information content (AvgIpc) is 3.04. The van der Waals surface area contributed by atoms with Gasteiger partial charge in [0.25, 0.3) is 5.69 Å². The first-order valence-electron chi connectivity index (χ1n) is 7.73. The molecule has 1 aromatic carbocycles. The number of hydrogen-bond acceptors (Lipinski definition) is 5. The van der Waals surface area contributed by atoms with Crippen LogP contribution >= 0.6 is 24.0 Å². The number of nitrogens with zero attached hydrogens (tertiary/aromatic N) is 3. The fraction of sp³-hybridized carbons (Fsp3) is 0.600. The van der Waals surface area contributed by atoms with E-state index in [0.29, 0.717) is 6.04 Å². The summed E-state index contributed by atoms with van der Waals surface area (Å²) in [6.07, 6.45) is 1.24. The van der Waals surface area contributed by atoms with E-state index in [2.05, 4.69) is 15.1 Å². The van der Waals surface area contributed by atoms with Gasteiger partial charge in [-0.2, -0.15) is 0 Å². The Hall–Kier alpha value is -0.920. The minimum atomic E-state index is -0.420. The molecule has 0 amide bonds. The lowest BCUT2D eigenvalue weighted by atomic mass is 10.1. The van der Waals surface area contributed by atoms with Gasteiger partial charge in [-0.1, -0.05) is 17.7 Å². The summed E-state index contributed by atoms with van der Waals surface area (Å²) in [5.74, 6) is 0. The monoisotopic (exact) mass is 360 g/mol. The number of nitro benzene ring substituents is 1. The highest BCUT2D eigenvalue weighted by molar-refractivity contribution is 6.32. The van der Waals surface area contributed by atoms with Crippen molar-refractivity contribution in [2.24, 2.45) is 0 Å². The van der Waals surface area contributed by atoms with E-state index in [-0.39, 0.29) is 23.1 Å². The Kier molecular flexibility index (Phi) is 6.61. The molecule has 23 heavy (non-hydrogen) atoms. The molecule has 0 spiro atoms. The van der Waals surface area contributed by atoms with Crippen LogP contribution in [0.25, 0.3) is 0 Å². The zero-order valence-electron chi connectivity index (χ0n) is 12.9. The van der Waals surface area contributed by atoms with E-state index >= 15 is 0 Å². The molecular formula is C15H22Cl2N4O2. The van der Waals surface area contributed by atoms with Crippen LogP contribution in [0.3, 0.4) is 0 Å². The van der Waals surface area contributed by atoms with Crippen LogP contribution in [0, 0.1) is 10.1 Å². The third kappa shape index (κ3) is 4.55. The lowest BCUT2D eigenvalue weighted by Gasteiger charge is -2.37. The smallest absolute Gasteiger partial charge is 0.288 e. The highest BCUT2D eigenvalue weighted by Crippen LogP contribution is 2.26. The Morgan fingerprint density at radius 1 is 1.30 bits per heavy atom. The van der Waals surface area contributed by atoms with Crippen LogP contribution in [0.1, 0.15) is 12.0 Å². The van der Waals surface area contributed by atoms with Crippen LogP contribution in [-0.4, -0.2) is 60.0 Å². The lowest BCUT2D eigenvalue weighted by molar-refractivity contribution is -0.384. The van der Waals surface area contributed by atoms with Crippen molar-refractivity contribution in [2.45, 2.75) is 19.0 Å². The quantitative estimate of drug-likeness (QED) is 0.658. The second kappa shape index (κ2) is 8.26. The van der Waals surface area contributed by atoms with Crippen molar-refractivity contribution >= 4 is 29.7 Å². The van der Waals surface area contributed by atoms with Crippen LogP contribution in [0.2, 0.25) is 5.02 Å². The Morgan fingerprint density at radius 2 is 2.04 bits per heavy atom. The van der Waals surface area contributed by atoms with Crippen molar-refractivity contribution in [3.05, 3.63) is 38.9 Å². The van der Waals surface area contributed by atoms with Crippen LogP contribution in [0.15, 0.2) is 18.2 Å². The van der Waals surface area contributed by atoms with Gasteiger partial charge >= 0.3 is 0 Å². The molecule has 128 valence electrons. The molecule has 0 aromatic heterocycles. The fourth-order valence-electron chi connectivity index (χ4n) is 3.29. The van der Waals surface area contributed by atoms with E-state index in [1.807, 2.05) is 6.07 Å². The maximum atomic E-state index is 11.0. The number of nitro groups is 1. The highest BCUT2D eigenvalue weighted by Gasteiger charge is 2.26. The Labute approximate surface area is 147 Å². The second-order valence-electron chi connectivity index (χ2n) is 6.00. The van der Waals surface area contributed by atoms with Gasteiger partial charge in [0.2, 0.25) is 0 Å². The third-order valence-electron chi connectivity index (χ3n) is 4.57. The van der Waals surface area contributed by atoms with E-state index in [1.165, 1.54) is 6.42 Å². The van der Waals surface area contributed by atoms with Gasteiger partial charge in [0, 0.05) is 51.4 Å². The number of benzene rings is 1. The molecule has 1 aromatic rings. The molecule has 0 bridgehead atoms. The summed E-state index contributed by atoms with van der Waals surface area (Å²) in [5, 5.41) is 14.6. The molecule has 1 N–H and O–H groups in total. The number of rotatable bonds is 4. The summed E-state index contributed by atoms with van der Waals surface area (Å²) < 4.78 is 0. The predicted octanol–water partition coefficient (Wildman–Crippen LogP) is 2.15. The molecule has 8 heteroatoms. The molecule has 0 aliphatic carbocycles. The predicted molar refractivity (Wildman–Crippen MR) is 93.5 cm³/mol. The van der Waals surface area contributed by atoms with Crippen molar-refractivity contribution < 1.29 is 4.92 Å². The maximum absolute atomic E-state index is 11.0. The largest absolute Gasteiger partial charge is 0.315 e. The first-order valence-corrected chi connectivity index (χ1v) is 8.11. The van der Waals surface area contributed by atoms with Crippen LogP contribution in [0.4, 0.5) is 5.69 Å². The Balaban J connectivity index is 0.00000192. The number of nitrogens with one attached hydrogen (secondary N) is 1. The van der Waals surface area contributed by atoms with Crippen molar-refractivity contribution in [1.82, 2.24) is 15.1 Å². The molecule has 6 nitrogen and oxygen atoms in total. The molecule has 1 unspecified atom stereocenters. The van der Waals surface area contributed by atoms with Gasteiger partial charge in [-0.25, -0.2) is 0 Å². The van der Waals surface area contributed by atoms with E-state index in [0.717, 1.165) is 51.4 Å². The van der Waals surface area contributed by atoms with Gasteiger partial charge in [-0.05, 0) is 24.6 Å². The van der Waals surface area contributed by atoms with Gasteiger partial charge < -0.3 is 5.32 Å². The van der Waals surface area contributed by atoms with Crippen molar-refractivity contribution in [3.63, 3.8) is 0 Å². The van der Waals surface area contributed by atoms with Gasteiger partial charge in [0.05, 0.1) is 4.92 Å². The standard InChI is InChI=1S/C15H21ClN4O2.ClH/c16-14-2-1-12(9-15(14)20(21)22)11-18-5-7-19(8-6-18)13-3-4-17-10-13;/h1-2,9,13,17H,3-8,10-11H2;1H. The average molecular weight is 361 g/mol. The first kappa shape index (κ1) is 18.4. The van der Waals surface area contributed by atoms with Gasteiger partial charge in [0.15, 0.2) is 0 Å². The van der Waals surface area contributed by atoms with Crippen molar-refractivity contribution in [1.29, 1.82) is 0 Å². The molecule has 1 atom stereocenters. The molecule has 2 aliphatic heterocycles. The van der Waals surface area contributed by atoms with Gasteiger partial charge in [0.1, 0.15) is 5.02 Å². The molecule has 2 fully saturated rings. The third-order valence-corrected chi connectivity index (χ3v) is 4.89. The van der Waals surface area contributed by atoms with Crippen LogP contribution < -0.4 is 5.32 Å². The molecule has 0 saturated carbocycles. The minimum absolute atomic E-state index is 0. The molecule has 2 aliphatic rings. The number of hydrogen-bond donors (Lipinski definition) is 1.